The Kier molecular flexibility index (Phi) is 6.81. The molecule has 0 bridgehead atoms. The fraction of sp³-hybridized carbons (Fsp3) is 0.346. The number of hydrogen-bond donors (Lipinski definition) is 1. The zero-order valence-corrected chi connectivity index (χ0v) is 19.1. The maximum absolute atomic E-state index is 13.4. The summed E-state index contributed by atoms with van der Waals surface area (Å²) in [5, 5.41) is 3.53. The number of aromatic nitrogens is 2. The number of carbonyl (C=O) groups excluding carboxylic acids is 1. The molecule has 1 amide bonds. The summed E-state index contributed by atoms with van der Waals surface area (Å²) in [5.74, 6) is 1.66. The second kappa shape index (κ2) is 9.92. The second-order valence-electron chi connectivity index (χ2n) is 8.55. The van der Waals surface area contributed by atoms with Crippen LogP contribution >= 0.6 is 0 Å². The van der Waals surface area contributed by atoms with E-state index in [1.807, 2.05) is 86.7 Å². The summed E-state index contributed by atoms with van der Waals surface area (Å²) >= 11 is 0. The number of nitrogens with zero attached hydrogens (tertiary/aromatic N) is 4. The minimum atomic E-state index is -0.0215. The highest BCUT2D eigenvalue weighted by Crippen LogP contribution is 2.26. The van der Waals surface area contributed by atoms with Crippen molar-refractivity contribution in [2.24, 2.45) is 0 Å². The normalized spacial score (nSPS) is 15.9. The van der Waals surface area contributed by atoms with Gasteiger partial charge in [-0.2, -0.15) is 0 Å². The van der Waals surface area contributed by atoms with E-state index < -0.39 is 0 Å². The highest BCUT2D eigenvalue weighted by atomic mass is 16.2. The monoisotopic (exact) mass is 429 g/mol. The first-order valence-corrected chi connectivity index (χ1v) is 11.2. The first kappa shape index (κ1) is 22.0. The number of hydrogen-bond acceptors (Lipinski definition) is 5. The molecule has 1 aliphatic rings. The van der Waals surface area contributed by atoms with Gasteiger partial charge < -0.3 is 15.1 Å². The summed E-state index contributed by atoms with van der Waals surface area (Å²) < 4.78 is 0. The summed E-state index contributed by atoms with van der Waals surface area (Å²) in [5.41, 5.74) is 3.51. The molecule has 1 aromatic heterocycles. The van der Waals surface area contributed by atoms with Gasteiger partial charge in [-0.1, -0.05) is 55.0 Å². The van der Waals surface area contributed by atoms with Crippen molar-refractivity contribution in [3.8, 4) is 11.1 Å². The van der Waals surface area contributed by atoms with Gasteiger partial charge in [-0.15, -0.1) is 0 Å². The standard InChI is InChI=1S/C26H31N5O/c1-30(2)24-17-20(28-25(29-24)23-15-9-10-16-27-23)18-31(3)26(32)22-14-8-7-13-21(22)19-11-5-4-6-12-19/h4-8,11-14,17,23,27H,9-10,15-16,18H2,1-3H3. The highest BCUT2D eigenvalue weighted by Gasteiger charge is 2.21. The Morgan fingerprint density at radius 2 is 1.75 bits per heavy atom. The molecule has 1 aliphatic heterocycles. The summed E-state index contributed by atoms with van der Waals surface area (Å²) in [6.45, 7) is 1.41. The van der Waals surface area contributed by atoms with Crippen molar-refractivity contribution in [2.75, 3.05) is 32.6 Å². The Hall–Kier alpha value is -3.25. The van der Waals surface area contributed by atoms with Crippen LogP contribution in [0.3, 0.4) is 0 Å². The van der Waals surface area contributed by atoms with Gasteiger partial charge in [0.2, 0.25) is 0 Å². The lowest BCUT2D eigenvalue weighted by Crippen LogP contribution is -2.30. The number of nitrogens with one attached hydrogen (secondary N) is 1. The Bertz CT molecular complexity index is 1060. The van der Waals surface area contributed by atoms with Gasteiger partial charge in [-0.05, 0) is 36.6 Å². The van der Waals surface area contributed by atoms with Gasteiger partial charge in [-0.3, -0.25) is 4.79 Å². The average molecular weight is 430 g/mol. The lowest BCUT2D eigenvalue weighted by atomic mass is 9.99. The number of anilines is 1. The highest BCUT2D eigenvalue weighted by molar-refractivity contribution is 6.00. The zero-order chi connectivity index (χ0) is 22.5. The topological polar surface area (TPSA) is 61.4 Å². The maximum atomic E-state index is 13.4. The minimum Gasteiger partial charge on any atom is -0.363 e. The van der Waals surface area contributed by atoms with Gasteiger partial charge >= 0.3 is 0 Å². The lowest BCUT2D eigenvalue weighted by molar-refractivity contribution is 0.0784. The summed E-state index contributed by atoms with van der Waals surface area (Å²) in [6, 6.07) is 19.9. The van der Waals surface area contributed by atoms with Crippen molar-refractivity contribution in [2.45, 2.75) is 31.8 Å². The molecule has 1 unspecified atom stereocenters. The van der Waals surface area contributed by atoms with E-state index in [9.17, 15) is 4.79 Å². The molecule has 1 atom stereocenters. The number of amides is 1. The van der Waals surface area contributed by atoms with Crippen LogP contribution in [0.15, 0.2) is 60.7 Å². The predicted molar refractivity (Wildman–Crippen MR) is 129 cm³/mol. The van der Waals surface area contributed by atoms with E-state index in [1.165, 1.54) is 12.8 Å². The van der Waals surface area contributed by atoms with Crippen LogP contribution in [0.1, 0.15) is 47.2 Å². The van der Waals surface area contributed by atoms with Crippen LogP contribution in [0.25, 0.3) is 11.1 Å². The molecule has 2 heterocycles. The smallest absolute Gasteiger partial charge is 0.254 e. The molecule has 0 spiro atoms. The number of piperidine rings is 1. The Balaban J connectivity index is 1.60. The zero-order valence-electron chi connectivity index (χ0n) is 19.1. The van der Waals surface area contributed by atoms with Crippen molar-refractivity contribution in [3.05, 3.63) is 77.7 Å². The minimum absolute atomic E-state index is 0.0215. The van der Waals surface area contributed by atoms with E-state index >= 15 is 0 Å². The molecule has 3 aromatic rings. The van der Waals surface area contributed by atoms with E-state index in [0.717, 1.165) is 41.4 Å². The van der Waals surface area contributed by atoms with Crippen molar-refractivity contribution < 1.29 is 4.79 Å². The number of rotatable bonds is 6. The maximum Gasteiger partial charge on any atom is 0.254 e. The van der Waals surface area contributed by atoms with E-state index in [0.29, 0.717) is 12.1 Å². The van der Waals surface area contributed by atoms with Crippen molar-refractivity contribution in [3.63, 3.8) is 0 Å². The molecule has 6 nitrogen and oxygen atoms in total. The summed E-state index contributed by atoms with van der Waals surface area (Å²) in [4.78, 5) is 26.7. The number of carbonyl (C=O) groups is 1. The Morgan fingerprint density at radius 1 is 1.00 bits per heavy atom. The van der Waals surface area contributed by atoms with Gasteiger partial charge in [0, 0.05) is 32.8 Å². The van der Waals surface area contributed by atoms with Gasteiger partial charge in [0.1, 0.15) is 11.6 Å². The van der Waals surface area contributed by atoms with Crippen LogP contribution in [-0.2, 0) is 6.54 Å². The van der Waals surface area contributed by atoms with Crippen LogP contribution in [0, 0.1) is 0 Å². The SMILES string of the molecule is CN(Cc1cc(N(C)C)nc(C2CCCCN2)n1)C(=O)c1ccccc1-c1ccccc1. The molecule has 0 saturated carbocycles. The first-order chi connectivity index (χ1) is 15.5. The molecule has 1 saturated heterocycles. The Morgan fingerprint density at radius 3 is 2.47 bits per heavy atom. The summed E-state index contributed by atoms with van der Waals surface area (Å²) in [6.07, 6.45) is 3.40. The van der Waals surface area contributed by atoms with Crippen molar-refractivity contribution >= 4 is 11.7 Å². The van der Waals surface area contributed by atoms with Gasteiger partial charge in [0.05, 0.1) is 18.3 Å². The molecule has 32 heavy (non-hydrogen) atoms. The van der Waals surface area contributed by atoms with Crippen LogP contribution in [0.4, 0.5) is 5.82 Å². The quantitative estimate of drug-likeness (QED) is 0.633. The molecule has 6 heteroatoms. The van der Waals surface area contributed by atoms with Gasteiger partial charge in [0.25, 0.3) is 5.91 Å². The first-order valence-electron chi connectivity index (χ1n) is 11.2. The van der Waals surface area contributed by atoms with Gasteiger partial charge in [-0.25, -0.2) is 9.97 Å². The van der Waals surface area contributed by atoms with Crippen molar-refractivity contribution in [1.82, 2.24) is 20.2 Å². The van der Waals surface area contributed by atoms with Gasteiger partial charge in [0.15, 0.2) is 0 Å². The van der Waals surface area contributed by atoms with E-state index in [-0.39, 0.29) is 11.9 Å². The van der Waals surface area contributed by atoms with Crippen molar-refractivity contribution in [1.29, 1.82) is 0 Å². The third-order valence-electron chi connectivity index (χ3n) is 5.85. The van der Waals surface area contributed by atoms with Crippen LogP contribution < -0.4 is 10.2 Å². The van der Waals surface area contributed by atoms with Crippen LogP contribution in [0.5, 0.6) is 0 Å². The van der Waals surface area contributed by atoms with E-state index in [4.69, 9.17) is 9.97 Å². The largest absolute Gasteiger partial charge is 0.363 e. The molecule has 4 rings (SSSR count). The fourth-order valence-electron chi connectivity index (χ4n) is 4.10. The average Bonchev–Trinajstić information content (AvgIpc) is 2.84. The summed E-state index contributed by atoms with van der Waals surface area (Å²) in [7, 11) is 5.80. The molecule has 1 fully saturated rings. The molecular weight excluding hydrogens is 398 g/mol. The Labute approximate surface area is 190 Å². The predicted octanol–water partition coefficient (Wildman–Crippen LogP) is 4.30. The fourth-order valence-corrected chi connectivity index (χ4v) is 4.10. The molecule has 2 aromatic carbocycles. The van der Waals surface area contributed by atoms with Crippen LogP contribution in [0.2, 0.25) is 0 Å². The number of benzene rings is 2. The third-order valence-corrected chi connectivity index (χ3v) is 5.85. The lowest BCUT2D eigenvalue weighted by Gasteiger charge is -2.25. The molecule has 166 valence electrons. The molecular formula is C26H31N5O. The second-order valence-corrected chi connectivity index (χ2v) is 8.55. The van der Waals surface area contributed by atoms with Crippen LogP contribution in [-0.4, -0.2) is 48.5 Å². The molecule has 0 radical (unpaired) electrons. The third kappa shape index (κ3) is 4.97. The molecule has 1 N–H and O–H groups in total. The van der Waals surface area contributed by atoms with E-state index in [1.54, 1.807) is 4.90 Å². The van der Waals surface area contributed by atoms with E-state index in [2.05, 4.69) is 5.32 Å². The molecule has 0 aliphatic carbocycles.